The molecule has 1 aromatic rings. The molecule has 1 aliphatic rings. The van der Waals surface area contributed by atoms with Crippen LogP contribution >= 0.6 is 11.6 Å². The van der Waals surface area contributed by atoms with Gasteiger partial charge in [-0.05, 0) is 31.5 Å². The van der Waals surface area contributed by atoms with Gasteiger partial charge in [0.1, 0.15) is 0 Å². The zero-order chi connectivity index (χ0) is 16.7. The van der Waals surface area contributed by atoms with E-state index in [0.29, 0.717) is 17.3 Å². The SMILES string of the molecule is COCCN1CCC[C@H](NC(=O)C(=O)Nc2ccccc2Cl)C1. The third-order valence-electron chi connectivity index (χ3n) is 3.78. The van der Waals surface area contributed by atoms with Gasteiger partial charge >= 0.3 is 11.8 Å². The number of ether oxygens (including phenoxy) is 1. The van der Waals surface area contributed by atoms with Crippen molar-refractivity contribution in [3.8, 4) is 0 Å². The summed E-state index contributed by atoms with van der Waals surface area (Å²) in [5.41, 5.74) is 0.430. The predicted molar refractivity (Wildman–Crippen MR) is 89.6 cm³/mol. The van der Waals surface area contributed by atoms with Gasteiger partial charge in [-0.15, -0.1) is 0 Å². The van der Waals surface area contributed by atoms with Crippen LogP contribution in [0.15, 0.2) is 24.3 Å². The van der Waals surface area contributed by atoms with Crippen LogP contribution in [0.3, 0.4) is 0 Å². The Morgan fingerprint density at radius 2 is 2.13 bits per heavy atom. The number of halogens is 1. The average Bonchev–Trinajstić information content (AvgIpc) is 2.55. The molecule has 1 fully saturated rings. The molecule has 0 aliphatic carbocycles. The van der Waals surface area contributed by atoms with E-state index in [4.69, 9.17) is 16.3 Å². The highest BCUT2D eigenvalue weighted by Gasteiger charge is 2.24. The third kappa shape index (κ3) is 5.49. The Labute approximate surface area is 141 Å². The number of anilines is 1. The number of carbonyl (C=O) groups excluding carboxylic acids is 2. The van der Waals surface area contributed by atoms with E-state index in [1.807, 2.05) is 0 Å². The minimum atomic E-state index is -0.702. The number of hydrogen-bond donors (Lipinski definition) is 2. The minimum Gasteiger partial charge on any atom is -0.383 e. The molecule has 2 rings (SSSR count). The monoisotopic (exact) mass is 339 g/mol. The maximum Gasteiger partial charge on any atom is 0.313 e. The van der Waals surface area contributed by atoms with Crippen LogP contribution in [0.2, 0.25) is 5.02 Å². The number of likely N-dealkylation sites (tertiary alicyclic amines) is 1. The summed E-state index contributed by atoms with van der Waals surface area (Å²) in [5, 5.41) is 5.72. The van der Waals surface area contributed by atoms with Gasteiger partial charge < -0.3 is 15.4 Å². The molecule has 1 saturated heterocycles. The van der Waals surface area contributed by atoms with Crippen LogP contribution in [0.25, 0.3) is 0 Å². The Balaban J connectivity index is 1.83. The van der Waals surface area contributed by atoms with E-state index in [0.717, 1.165) is 32.5 Å². The molecule has 0 unspecified atom stereocenters. The van der Waals surface area contributed by atoms with Crippen LogP contribution in [0, 0.1) is 0 Å². The van der Waals surface area contributed by atoms with Crippen molar-refractivity contribution < 1.29 is 14.3 Å². The standard InChI is InChI=1S/C16H22ClN3O3/c1-23-10-9-20-8-4-5-12(11-20)18-15(21)16(22)19-14-7-3-2-6-13(14)17/h2-3,6-7,12H,4-5,8-11H2,1H3,(H,18,21)(H,19,22)/t12-/m0/s1. The molecule has 1 aromatic carbocycles. The highest BCUT2D eigenvalue weighted by molar-refractivity contribution is 6.41. The van der Waals surface area contributed by atoms with Crippen molar-refractivity contribution in [1.29, 1.82) is 0 Å². The van der Waals surface area contributed by atoms with Crippen LogP contribution in [-0.4, -0.2) is 56.1 Å². The fraction of sp³-hybridized carbons (Fsp3) is 0.500. The summed E-state index contributed by atoms with van der Waals surface area (Å²) < 4.78 is 5.07. The number of hydrogen-bond acceptors (Lipinski definition) is 4. The zero-order valence-electron chi connectivity index (χ0n) is 13.2. The first-order valence-corrected chi connectivity index (χ1v) is 8.05. The number of nitrogens with zero attached hydrogens (tertiary/aromatic N) is 1. The zero-order valence-corrected chi connectivity index (χ0v) is 13.9. The number of carbonyl (C=O) groups is 2. The highest BCUT2D eigenvalue weighted by Crippen LogP contribution is 2.20. The van der Waals surface area contributed by atoms with E-state index in [1.165, 1.54) is 0 Å². The van der Waals surface area contributed by atoms with E-state index in [2.05, 4.69) is 15.5 Å². The fourth-order valence-electron chi connectivity index (χ4n) is 2.59. The van der Waals surface area contributed by atoms with Crippen molar-refractivity contribution in [3.63, 3.8) is 0 Å². The van der Waals surface area contributed by atoms with Crippen molar-refractivity contribution in [2.45, 2.75) is 18.9 Å². The normalized spacial score (nSPS) is 18.4. The van der Waals surface area contributed by atoms with Gasteiger partial charge in [-0.3, -0.25) is 14.5 Å². The second-order valence-corrected chi connectivity index (χ2v) is 5.95. The van der Waals surface area contributed by atoms with Gasteiger partial charge in [0.2, 0.25) is 0 Å². The lowest BCUT2D eigenvalue weighted by molar-refractivity contribution is -0.136. The molecule has 7 heteroatoms. The number of piperidine rings is 1. The second-order valence-electron chi connectivity index (χ2n) is 5.54. The van der Waals surface area contributed by atoms with Crippen molar-refractivity contribution >= 4 is 29.1 Å². The lowest BCUT2D eigenvalue weighted by atomic mass is 10.1. The molecule has 0 spiro atoms. The second kappa shape index (κ2) is 8.86. The summed E-state index contributed by atoms with van der Waals surface area (Å²) in [4.78, 5) is 26.2. The Morgan fingerprint density at radius 3 is 2.87 bits per heavy atom. The van der Waals surface area contributed by atoms with Crippen molar-refractivity contribution in [3.05, 3.63) is 29.3 Å². The predicted octanol–water partition coefficient (Wildman–Crippen LogP) is 1.51. The number of benzene rings is 1. The van der Waals surface area contributed by atoms with Crippen LogP contribution in [-0.2, 0) is 14.3 Å². The Bertz CT molecular complexity index is 553. The van der Waals surface area contributed by atoms with E-state index < -0.39 is 11.8 Å². The molecule has 2 N–H and O–H groups in total. The maximum atomic E-state index is 12.0. The summed E-state index contributed by atoms with van der Waals surface area (Å²) in [6.07, 6.45) is 1.86. The molecule has 1 heterocycles. The van der Waals surface area contributed by atoms with Crippen molar-refractivity contribution in [1.82, 2.24) is 10.2 Å². The average molecular weight is 340 g/mol. The van der Waals surface area contributed by atoms with Crippen LogP contribution in [0.5, 0.6) is 0 Å². The molecule has 1 aliphatic heterocycles. The molecule has 23 heavy (non-hydrogen) atoms. The maximum absolute atomic E-state index is 12.0. The third-order valence-corrected chi connectivity index (χ3v) is 4.11. The van der Waals surface area contributed by atoms with E-state index in [-0.39, 0.29) is 6.04 Å². The molecular formula is C16H22ClN3O3. The first kappa shape index (κ1) is 17.7. The van der Waals surface area contributed by atoms with E-state index >= 15 is 0 Å². The van der Waals surface area contributed by atoms with Crippen LogP contribution in [0.4, 0.5) is 5.69 Å². The number of para-hydroxylation sites is 1. The fourth-order valence-corrected chi connectivity index (χ4v) is 2.77. The number of methoxy groups -OCH3 is 1. The quantitative estimate of drug-likeness (QED) is 0.798. The molecule has 0 saturated carbocycles. The number of amides is 2. The van der Waals surface area contributed by atoms with Gasteiger partial charge in [-0.25, -0.2) is 0 Å². The first-order valence-electron chi connectivity index (χ1n) is 7.68. The van der Waals surface area contributed by atoms with Crippen molar-refractivity contribution in [2.24, 2.45) is 0 Å². The lowest BCUT2D eigenvalue weighted by Crippen LogP contribution is -2.50. The summed E-state index contributed by atoms with van der Waals surface area (Å²) in [6.45, 7) is 3.21. The van der Waals surface area contributed by atoms with E-state index in [9.17, 15) is 9.59 Å². The summed E-state index contributed by atoms with van der Waals surface area (Å²) >= 11 is 5.97. The van der Waals surface area contributed by atoms with E-state index in [1.54, 1.807) is 31.4 Å². The topological polar surface area (TPSA) is 70.7 Å². The molecule has 0 radical (unpaired) electrons. The van der Waals surface area contributed by atoms with Gasteiger partial charge in [0.05, 0.1) is 17.3 Å². The molecule has 1 atom stereocenters. The summed E-state index contributed by atoms with van der Waals surface area (Å²) in [5.74, 6) is -1.34. The molecule has 2 amide bonds. The first-order chi connectivity index (χ1) is 11.1. The van der Waals surface area contributed by atoms with Crippen molar-refractivity contribution in [2.75, 3.05) is 38.7 Å². The Kier molecular flexibility index (Phi) is 6.83. The summed E-state index contributed by atoms with van der Waals surface area (Å²) in [7, 11) is 1.67. The lowest BCUT2D eigenvalue weighted by Gasteiger charge is -2.32. The number of nitrogens with one attached hydrogen (secondary N) is 2. The Hall–Kier alpha value is -1.63. The smallest absolute Gasteiger partial charge is 0.313 e. The van der Waals surface area contributed by atoms with Crippen LogP contribution in [0.1, 0.15) is 12.8 Å². The van der Waals surface area contributed by atoms with Gasteiger partial charge in [0.25, 0.3) is 0 Å². The molecule has 126 valence electrons. The van der Waals surface area contributed by atoms with Gasteiger partial charge in [-0.2, -0.15) is 0 Å². The van der Waals surface area contributed by atoms with Crippen LogP contribution < -0.4 is 10.6 Å². The van der Waals surface area contributed by atoms with Gasteiger partial charge in [-0.1, -0.05) is 23.7 Å². The molecule has 0 aromatic heterocycles. The molecular weight excluding hydrogens is 318 g/mol. The molecule has 0 bridgehead atoms. The van der Waals surface area contributed by atoms with Gasteiger partial charge in [0.15, 0.2) is 0 Å². The Morgan fingerprint density at radius 1 is 1.35 bits per heavy atom. The largest absolute Gasteiger partial charge is 0.383 e. The molecule has 6 nitrogen and oxygen atoms in total. The number of rotatable bonds is 5. The van der Waals surface area contributed by atoms with Gasteiger partial charge in [0, 0.05) is 26.2 Å². The highest BCUT2D eigenvalue weighted by atomic mass is 35.5. The summed E-state index contributed by atoms with van der Waals surface area (Å²) in [6, 6.07) is 6.79. The minimum absolute atomic E-state index is 0.0231.